The molecule has 7 atom stereocenters. The highest BCUT2D eigenvalue weighted by Gasteiger charge is 2.71. The van der Waals surface area contributed by atoms with Crippen molar-refractivity contribution in [3.63, 3.8) is 0 Å². The summed E-state index contributed by atoms with van der Waals surface area (Å²) in [6.45, 7) is 6.33. The first-order chi connectivity index (χ1) is 16.1. The number of carbonyl (C=O) groups excluding carboxylic acids is 3. The van der Waals surface area contributed by atoms with Crippen molar-refractivity contribution in [2.75, 3.05) is 12.7 Å². The van der Waals surface area contributed by atoms with E-state index < -0.39 is 29.2 Å². The Balaban J connectivity index is 1.67. The number of carbonyl (C=O) groups is 3. The molecule has 4 rings (SSSR count). The second-order valence-electron chi connectivity index (χ2n) is 11.0. The van der Waals surface area contributed by atoms with Gasteiger partial charge >= 0.3 is 12.1 Å². The number of ether oxygens (including phenoxy) is 3. The second-order valence-corrected chi connectivity index (χ2v) is 11.3. The molecule has 7 nitrogen and oxygen atoms in total. The van der Waals surface area contributed by atoms with Crippen LogP contribution in [-0.4, -0.2) is 47.4 Å². The quantitative estimate of drug-likeness (QED) is 0.316. The van der Waals surface area contributed by atoms with Crippen molar-refractivity contribution in [2.24, 2.45) is 28.6 Å². The summed E-state index contributed by atoms with van der Waals surface area (Å²) in [7, 11) is 0. The van der Waals surface area contributed by atoms with Gasteiger partial charge in [-0.05, 0) is 74.2 Å². The highest BCUT2D eigenvalue weighted by atomic mass is 35.5. The van der Waals surface area contributed by atoms with E-state index in [4.69, 9.17) is 25.8 Å². The summed E-state index contributed by atoms with van der Waals surface area (Å²) < 4.78 is 16.3. The normalized spacial score (nSPS) is 41.0. The largest absolute Gasteiger partial charge is 0.509 e. The summed E-state index contributed by atoms with van der Waals surface area (Å²) in [6, 6.07) is -0.343. The fourth-order valence-electron chi connectivity index (χ4n) is 7.86. The van der Waals surface area contributed by atoms with Gasteiger partial charge in [0.15, 0.2) is 11.8 Å². The number of allylic oxidation sites excluding steroid dienone is 1. The van der Waals surface area contributed by atoms with Crippen LogP contribution in [0, 0.1) is 28.6 Å². The fraction of sp³-hybridized carbons (Fsp3) is 0.808. The maximum Gasteiger partial charge on any atom is 0.509 e. The van der Waals surface area contributed by atoms with Crippen LogP contribution in [0.3, 0.4) is 0 Å². The van der Waals surface area contributed by atoms with E-state index in [9.17, 15) is 19.5 Å². The Kier molecular flexibility index (Phi) is 7.09. The van der Waals surface area contributed by atoms with Crippen LogP contribution in [0.5, 0.6) is 0 Å². The lowest BCUT2D eigenvalue weighted by atomic mass is 9.45. The number of aliphatic hydroxyl groups is 1. The smallest absolute Gasteiger partial charge is 0.446 e. The summed E-state index contributed by atoms with van der Waals surface area (Å²) in [6.07, 6.45) is 5.94. The number of unbranched alkanes of at least 4 members (excludes halogenated alkanes) is 1. The Morgan fingerprint density at radius 2 is 1.94 bits per heavy atom. The van der Waals surface area contributed by atoms with Crippen molar-refractivity contribution < 1.29 is 33.7 Å². The average Bonchev–Trinajstić information content (AvgIpc) is 3.07. The van der Waals surface area contributed by atoms with Gasteiger partial charge in [0.2, 0.25) is 5.60 Å². The Morgan fingerprint density at radius 1 is 1.18 bits per heavy atom. The minimum Gasteiger partial charge on any atom is -0.446 e. The van der Waals surface area contributed by atoms with Crippen molar-refractivity contribution in [2.45, 2.75) is 90.3 Å². The molecule has 0 aliphatic heterocycles. The molecule has 0 amide bonds. The standard InChI is InChI=1S/C26H37ClO7/c1-4-5-12-32-23(31)34-26(22(30)33-15-27)11-9-19-18-7-6-16-13-17(28)8-10-24(16,2)21(18)20(29)14-25(19,26)3/h13,18-21,29H,4-12,14-15H2,1-3H3/t18-,19-,20-,21+,24-,25-,26+/m0/s1. The zero-order valence-electron chi connectivity index (χ0n) is 20.4. The van der Waals surface area contributed by atoms with Crippen LogP contribution >= 0.6 is 11.6 Å². The SMILES string of the molecule is CCCCOC(=O)O[C@@]1(C(=O)OCCl)CC[C@H]2[C@@H]3CCC4=CC(=O)CC[C@]4(C)[C@H]3[C@@H](O)C[C@@]21C. The molecule has 34 heavy (non-hydrogen) atoms. The number of esters is 1. The molecule has 0 heterocycles. The Labute approximate surface area is 206 Å². The lowest BCUT2D eigenvalue weighted by Gasteiger charge is -2.60. The highest BCUT2D eigenvalue weighted by molar-refractivity contribution is 6.17. The molecular formula is C26H37ClO7. The van der Waals surface area contributed by atoms with Crippen LogP contribution in [-0.2, 0) is 23.8 Å². The molecule has 8 heteroatoms. The Bertz CT molecular complexity index is 871. The van der Waals surface area contributed by atoms with Crippen LogP contribution in [0.1, 0.15) is 78.6 Å². The van der Waals surface area contributed by atoms with Crippen LogP contribution in [0.25, 0.3) is 0 Å². The van der Waals surface area contributed by atoms with Gasteiger partial charge in [0, 0.05) is 11.8 Å². The van der Waals surface area contributed by atoms with Crippen molar-refractivity contribution in [1.82, 2.24) is 0 Å². The molecule has 3 fully saturated rings. The molecule has 0 aromatic rings. The number of aliphatic hydroxyl groups excluding tert-OH is 1. The number of rotatable bonds is 6. The van der Waals surface area contributed by atoms with Crippen molar-refractivity contribution in [3.05, 3.63) is 11.6 Å². The predicted molar refractivity (Wildman–Crippen MR) is 125 cm³/mol. The minimum atomic E-state index is -1.55. The van der Waals surface area contributed by atoms with Gasteiger partial charge in [-0.25, -0.2) is 9.59 Å². The number of fused-ring (bicyclic) bond motifs is 5. The zero-order valence-corrected chi connectivity index (χ0v) is 21.2. The van der Waals surface area contributed by atoms with Gasteiger partial charge < -0.3 is 19.3 Å². The number of hydrogen-bond acceptors (Lipinski definition) is 7. The minimum absolute atomic E-state index is 0.00460. The van der Waals surface area contributed by atoms with Crippen molar-refractivity contribution in [1.29, 1.82) is 0 Å². The molecule has 4 aliphatic rings. The van der Waals surface area contributed by atoms with Gasteiger partial charge in [0.25, 0.3) is 0 Å². The first-order valence-corrected chi connectivity index (χ1v) is 13.2. The summed E-state index contributed by atoms with van der Waals surface area (Å²) >= 11 is 5.74. The molecule has 0 bridgehead atoms. The lowest BCUT2D eigenvalue weighted by Crippen LogP contribution is -2.63. The highest BCUT2D eigenvalue weighted by Crippen LogP contribution is 2.68. The number of halogens is 1. The molecular weight excluding hydrogens is 460 g/mol. The third-order valence-electron chi connectivity index (χ3n) is 9.51. The van der Waals surface area contributed by atoms with Crippen molar-refractivity contribution in [3.8, 4) is 0 Å². The zero-order chi connectivity index (χ0) is 24.7. The number of ketones is 1. The molecule has 0 aromatic heterocycles. The number of alkyl halides is 1. The predicted octanol–water partition coefficient (Wildman–Crippen LogP) is 4.92. The van der Waals surface area contributed by atoms with Gasteiger partial charge in [-0.1, -0.05) is 44.4 Å². The fourth-order valence-corrected chi connectivity index (χ4v) is 7.96. The molecule has 4 aliphatic carbocycles. The molecule has 0 aromatic carbocycles. The van der Waals surface area contributed by atoms with E-state index in [-0.39, 0.29) is 41.6 Å². The van der Waals surface area contributed by atoms with Gasteiger partial charge in [0.05, 0.1) is 12.7 Å². The van der Waals surface area contributed by atoms with Crippen LogP contribution in [0.15, 0.2) is 11.6 Å². The molecule has 0 spiro atoms. The number of hydrogen-bond donors (Lipinski definition) is 1. The van der Waals surface area contributed by atoms with Crippen LogP contribution in [0.4, 0.5) is 4.79 Å². The Morgan fingerprint density at radius 3 is 2.65 bits per heavy atom. The first kappa shape index (κ1) is 25.5. The Hall–Kier alpha value is -1.60. The van der Waals surface area contributed by atoms with E-state index in [1.807, 2.05) is 13.8 Å². The maximum absolute atomic E-state index is 13.3. The molecule has 1 N–H and O–H groups in total. The molecule has 0 saturated heterocycles. The summed E-state index contributed by atoms with van der Waals surface area (Å²) in [5, 5.41) is 11.6. The van der Waals surface area contributed by atoms with E-state index >= 15 is 0 Å². The first-order valence-electron chi connectivity index (χ1n) is 12.6. The summed E-state index contributed by atoms with van der Waals surface area (Å²) in [5.41, 5.74) is -1.46. The second kappa shape index (κ2) is 9.45. The van der Waals surface area contributed by atoms with Gasteiger partial charge in [0.1, 0.15) is 0 Å². The van der Waals surface area contributed by atoms with E-state index in [1.54, 1.807) is 6.08 Å². The summed E-state index contributed by atoms with van der Waals surface area (Å²) in [4.78, 5) is 38.1. The monoisotopic (exact) mass is 496 g/mol. The summed E-state index contributed by atoms with van der Waals surface area (Å²) in [5.74, 6) is -0.302. The average molecular weight is 497 g/mol. The molecule has 190 valence electrons. The van der Waals surface area contributed by atoms with E-state index in [0.717, 1.165) is 31.3 Å². The van der Waals surface area contributed by atoms with Gasteiger partial charge in [-0.3, -0.25) is 4.79 Å². The van der Waals surface area contributed by atoms with Crippen LogP contribution in [0.2, 0.25) is 0 Å². The van der Waals surface area contributed by atoms with E-state index in [0.29, 0.717) is 32.1 Å². The third-order valence-corrected chi connectivity index (χ3v) is 9.62. The van der Waals surface area contributed by atoms with E-state index in [2.05, 4.69) is 6.92 Å². The maximum atomic E-state index is 13.3. The lowest BCUT2D eigenvalue weighted by molar-refractivity contribution is -0.202. The van der Waals surface area contributed by atoms with Gasteiger partial charge in [-0.2, -0.15) is 0 Å². The van der Waals surface area contributed by atoms with Gasteiger partial charge in [-0.15, -0.1) is 0 Å². The molecule has 3 saturated carbocycles. The van der Waals surface area contributed by atoms with E-state index in [1.165, 1.54) is 0 Å². The molecule has 0 unspecified atom stereocenters. The third kappa shape index (κ3) is 3.87. The molecule has 0 radical (unpaired) electrons. The topological polar surface area (TPSA) is 99.1 Å². The van der Waals surface area contributed by atoms with Crippen molar-refractivity contribution >= 4 is 29.5 Å². The van der Waals surface area contributed by atoms with Crippen LogP contribution < -0.4 is 0 Å².